The summed E-state index contributed by atoms with van der Waals surface area (Å²) in [6.07, 6.45) is 2.11. The van der Waals surface area contributed by atoms with Crippen molar-refractivity contribution in [2.45, 2.75) is 19.8 Å². The van der Waals surface area contributed by atoms with Gasteiger partial charge in [-0.3, -0.25) is 9.89 Å². The van der Waals surface area contributed by atoms with Crippen LogP contribution >= 0.6 is 0 Å². The van der Waals surface area contributed by atoms with Crippen molar-refractivity contribution in [1.29, 1.82) is 0 Å². The molecule has 2 aromatic heterocycles. The van der Waals surface area contributed by atoms with Crippen molar-refractivity contribution >= 4 is 11.5 Å². The summed E-state index contributed by atoms with van der Waals surface area (Å²) in [5.74, 6) is 1.10. The molecule has 0 bridgehead atoms. The molecule has 0 radical (unpaired) electrons. The lowest BCUT2D eigenvalue weighted by molar-refractivity contribution is 0.829. The van der Waals surface area contributed by atoms with E-state index in [1.165, 1.54) is 16.1 Å². The Kier molecular flexibility index (Phi) is 2.57. The van der Waals surface area contributed by atoms with Crippen LogP contribution in [0.3, 0.4) is 0 Å². The SMILES string of the molecule is Cc1cc(=O)n2[nH]c(-c3cccc4c3CCCN4)nc2n1. The average Bonchev–Trinajstić information content (AvgIpc) is 2.90. The van der Waals surface area contributed by atoms with E-state index in [0.717, 1.165) is 30.6 Å². The van der Waals surface area contributed by atoms with E-state index in [9.17, 15) is 4.79 Å². The summed E-state index contributed by atoms with van der Waals surface area (Å²) >= 11 is 0. The number of nitrogens with one attached hydrogen (secondary N) is 2. The van der Waals surface area contributed by atoms with Crippen molar-refractivity contribution in [2.75, 3.05) is 11.9 Å². The van der Waals surface area contributed by atoms with E-state index >= 15 is 0 Å². The Labute approximate surface area is 120 Å². The molecule has 0 atom stereocenters. The molecule has 0 fully saturated rings. The fourth-order valence-electron chi connectivity index (χ4n) is 2.85. The molecular formula is C15H15N5O. The van der Waals surface area contributed by atoms with Gasteiger partial charge in [0.1, 0.15) is 0 Å². The summed E-state index contributed by atoms with van der Waals surface area (Å²) < 4.78 is 1.39. The Balaban J connectivity index is 1.95. The summed E-state index contributed by atoms with van der Waals surface area (Å²) in [5.41, 5.74) is 3.96. The molecule has 2 N–H and O–H groups in total. The van der Waals surface area contributed by atoms with Crippen LogP contribution in [0.25, 0.3) is 17.2 Å². The standard InChI is InChI=1S/C15H15N5O/c1-9-8-13(21)20-15(17-9)18-14(19-20)11-4-2-6-12-10(11)5-3-7-16-12/h2,4,6,8,16H,3,5,7H2,1H3,(H,17,18,19). The van der Waals surface area contributed by atoms with Crippen molar-refractivity contribution < 1.29 is 0 Å². The number of anilines is 1. The van der Waals surface area contributed by atoms with Gasteiger partial charge >= 0.3 is 0 Å². The van der Waals surface area contributed by atoms with Gasteiger partial charge in [0.25, 0.3) is 11.3 Å². The first-order valence-corrected chi connectivity index (χ1v) is 7.05. The molecule has 6 heteroatoms. The monoisotopic (exact) mass is 281 g/mol. The zero-order valence-corrected chi connectivity index (χ0v) is 11.7. The molecular weight excluding hydrogens is 266 g/mol. The zero-order chi connectivity index (χ0) is 14.4. The molecule has 4 rings (SSSR count). The van der Waals surface area contributed by atoms with Crippen molar-refractivity contribution in [2.24, 2.45) is 0 Å². The highest BCUT2D eigenvalue weighted by Gasteiger charge is 2.16. The smallest absolute Gasteiger partial charge is 0.274 e. The molecule has 0 saturated heterocycles. The second kappa shape index (κ2) is 4.44. The van der Waals surface area contributed by atoms with E-state index in [1.54, 1.807) is 6.92 Å². The van der Waals surface area contributed by atoms with Crippen LogP contribution in [0.5, 0.6) is 0 Å². The summed E-state index contributed by atoms with van der Waals surface area (Å²) in [4.78, 5) is 20.8. The Morgan fingerprint density at radius 2 is 2.19 bits per heavy atom. The van der Waals surface area contributed by atoms with Crippen LogP contribution in [-0.2, 0) is 6.42 Å². The number of aromatic nitrogens is 4. The van der Waals surface area contributed by atoms with Crippen LogP contribution in [0.2, 0.25) is 0 Å². The summed E-state index contributed by atoms with van der Waals surface area (Å²) in [6, 6.07) is 7.61. The first-order chi connectivity index (χ1) is 10.2. The molecule has 3 heterocycles. The van der Waals surface area contributed by atoms with Crippen LogP contribution in [0.1, 0.15) is 17.7 Å². The van der Waals surface area contributed by atoms with Crippen molar-refractivity contribution in [3.8, 4) is 11.4 Å². The maximum absolute atomic E-state index is 12.0. The van der Waals surface area contributed by atoms with E-state index in [-0.39, 0.29) is 5.56 Å². The first kappa shape index (κ1) is 12.1. The van der Waals surface area contributed by atoms with Gasteiger partial charge in [0, 0.05) is 29.6 Å². The Morgan fingerprint density at radius 1 is 1.29 bits per heavy atom. The molecule has 0 spiro atoms. The second-order valence-corrected chi connectivity index (χ2v) is 5.31. The third kappa shape index (κ3) is 1.91. The number of aromatic amines is 1. The topological polar surface area (TPSA) is 75.1 Å². The van der Waals surface area contributed by atoms with Crippen LogP contribution < -0.4 is 10.9 Å². The maximum Gasteiger partial charge on any atom is 0.274 e. The Bertz CT molecular complexity index is 893. The van der Waals surface area contributed by atoms with Crippen LogP contribution in [0, 0.1) is 6.92 Å². The molecule has 0 saturated carbocycles. The molecule has 106 valence electrons. The molecule has 3 aromatic rings. The Morgan fingerprint density at radius 3 is 3.10 bits per heavy atom. The minimum absolute atomic E-state index is 0.140. The number of rotatable bonds is 1. The summed E-state index contributed by atoms with van der Waals surface area (Å²) in [7, 11) is 0. The van der Waals surface area contributed by atoms with E-state index < -0.39 is 0 Å². The quantitative estimate of drug-likeness (QED) is 0.712. The van der Waals surface area contributed by atoms with E-state index in [1.807, 2.05) is 12.1 Å². The molecule has 21 heavy (non-hydrogen) atoms. The molecule has 1 aliphatic rings. The molecule has 0 unspecified atom stereocenters. The van der Waals surface area contributed by atoms with Gasteiger partial charge in [0.2, 0.25) is 0 Å². The predicted octanol–water partition coefficient (Wildman–Crippen LogP) is 1.75. The van der Waals surface area contributed by atoms with Crippen molar-refractivity contribution in [3.05, 3.63) is 45.9 Å². The number of H-pyrrole nitrogens is 1. The summed E-state index contributed by atoms with van der Waals surface area (Å²) in [6.45, 7) is 2.79. The van der Waals surface area contributed by atoms with E-state index in [0.29, 0.717) is 17.3 Å². The minimum Gasteiger partial charge on any atom is -0.385 e. The number of fused-ring (bicyclic) bond motifs is 2. The van der Waals surface area contributed by atoms with Gasteiger partial charge in [0.05, 0.1) is 0 Å². The predicted molar refractivity (Wildman–Crippen MR) is 80.6 cm³/mol. The lowest BCUT2D eigenvalue weighted by atomic mass is 9.97. The van der Waals surface area contributed by atoms with Gasteiger partial charge in [-0.25, -0.2) is 4.98 Å². The second-order valence-electron chi connectivity index (χ2n) is 5.31. The van der Waals surface area contributed by atoms with Gasteiger partial charge in [-0.2, -0.15) is 9.50 Å². The van der Waals surface area contributed by atoms with Crippen LogP contribution in [0.4, 0.5) is 5.69 Å². The largest absolute Gasteiger partial charge is 0.385 e. The third-order valence-electron chi connectivity index (χ3n) is 3.81. The van der Waals surface area contributed by atoms with Gasteiger partial charge in [0.15, 0.2) is 5.82 Å². The highest BCUT2D eigenvalue weighted by molar-refractivity contribution is 5.71. The van der Waals surface area contributed by atoms with Gasteiger partial charge in [-0.1, -0.05) is 12.1 Å². The molecule has 1 aromatic carbocycles. The number of nitrogens with zero attached hydrogens (tertiary/aromatic N) is 3. The summed E-state index contributed by atoms with van der Waals surface area (Å²) in [5, 5.41) is 6.46. The van der Waals surface area contributed by atoms with Crippen molar-refractivity contribution in [3.63, 3.8) is 0 Å². The van der Waals surface area contributed by atoms with Gasteiger partial charge < -0.3 is 5.32 Å². The minimum atomic E-state index is -0.140. The molecule has 0 aliphatic carbocycles. The number of hydrogen-bond acceptors (Lipinski definition) is 4. The average molecular weight is 281 g/mol. The highest BCUT2D eigenvalue weighted by Crippen LogP contribution is 2.30. The lowest BCUT2D eigenvalue weighted by Crippen LogP contribution is -2.14. The first-order valence-electron chi connectivity index (χ1n) is 7.05. The number of benzene rings is 1. The lowest BCUT2D eigenvalue weighted by Gasteiger charge is -2.19. The van der Waals surface area contributed by atoms with Crippen LogP contribution in [0.15, 0.2) is 29.1 Å². The third-order valence-corrected chi connectivity index (χ3v) is 3.81. The number of hydrogen-bond donors (Lipinski definition) is 2. The normalized spacial score (nSPS) is 14.0. The number of aryl methyl sites for hydroxylation is 1. The fourth-order valence-corrected chi connectivity index (χ4v) is 2.85. The molecule has 1 aliphatic heterocycles. The van der Waals surface area contributed by atoms with E-state index in [4.69, 9.17) is 0 Å². The molecule has 0 amide bonds. The zero-order valence-electron chi connectivity index (χ0n) is 11.7. The molecule has 6 nitrogen and oxygen atoms in total. The van der Waals surface area contributed by atoms with Crippen molar-refractivity contribution in [1.82, 2.24) is 19.6 Å². The Hall–Kier alpha value is -2.63. The van der Waals surface area contributed by atoms with Crippen LogP contribution in [-0.4, -0.2) is 26.1 Å². The van der Waals surface area contributed by atoms with E-state index in [2.05, 4.69) is 26.4 Å². The van der Waals surface area contributed by atoms with Gasteiger partial charge in [-0.15, -0.1) is 0 Å². The van der Waals surface area contributed by atoms with Gasteiger partial charge in [-0.05, 0) is 31.4 Å². The highest BCUT2D eigenvalue weighted by atomic mass is 16.1. The maximum atomic E-state index is 12.0. The fraction of sp³-hybridized carbons (Fsp3) is 0.267.